The number of rotatable bonds is 19. The highest BCUT2D eigenvalue weighted by Crippen LogP contribution is 2.12. The summed E-state index contributed by atoms with van der Waals surface area (Å²) in [5.74, 6) is 5.59. The fourth-order valence-electron chi connectivity index (χ4n) is 2.87. The number of ether oxygens (including phenoxy) is 2. The van der Waals surface area contributed by atoms with Crippen molar-refractivity contribution in [3.63, 3.8) is 0 Å². The van der Waals surface area contributed by atoms with Crippen LogP contribution in [0.3, 0.4) is 0 Å². The molecule has 0 bridgehead atoms. The summed E-state index contributed by atoms with van der Waals surface area (Å²) in [7, 11) is 0. The Morgan fingerprint density at radius 3 is 1.89 bits per heavy atom. The third kappa shape index (κ3) is 21.1. The summed E-state index contributed by atoms with van der Waals surface area (Å²) in [4.78, 5) is 0. The number of unbranched alkanes of at least 4 members (excludes halogenated alkanes) is 10. The highest BCUT2D eigenvalue weighted by molar-refractivity contribution is 5.21. The zero-order valence-corrected chi connectivity index (χ0v) is 18.0. The molecule has 0 atom stereocenters. The molecule has 0 aliphatic rings. The van der Waals surface area contributed by atoms with E-state index in [4.69, 9.17) is 16.1 Å². The van der Waals surface area contributed by atoms with Crippen LogP contribution in [0.5, 0.6) is 0 Å². The molecule has 155 valence electrons. The summed E-state index contributed by atoms with van der Waals surface area (Å²) >= 11 is 0. The van der Waals surface area contributed by atoms with Crippen molar-refractivity contribution in [1.82, 2.24) is 0 Å². The third-order valence-corrected chi connectivity index (χ3v) is 4.53. The predicted molar refractivity (Wildman–Crippen MR) is 117 cm³/mol. The largest absolute Gasteiger partial charge is 0.353 e. The van der Waals surface area contributed by atoms with Gasteiger partial charge in [-0.3, -0.25) is 0 Å². The van der Waals surface area contributed by atoms with E-state index in [1.807, 2.05) is 6.08 Å². The van der Waals surface area contributed by atoms with E-state index < -0.39 is 0 Å². The van der Waals surface area contributed by atoms with E-state index in [-0.39, 0.29) is 6.29 Å². The molecule has 0 saturated heterocycles. The lowest BCUT2D eigenvalue weighted by atomic mass is 10.1. The summed E-state index contributed by atoms with van der Waals surface area (Å²) in [6, 6.07) is 0. The Bertz CT molecular complexity index is 373. The van der Waals surface area contributed by atoms with Gasteiger partial charge >= 0.3 is 0 Å². The van der Waals surface area contributed by atoms with Gasteiger partial charge in [-0.15, -0.1) is 0 Å². The van der Waals surface area contributed by atoms with E-state index in [0.717, 1.165) is 51.7 Å². The van der Waals surface area contributed by atoms with Crippen LogP contribution >= 0.6 is 0 Å². The Balaban J connectivity index is 3.92. The van der Waals surface area contributed by atoms with E-state index in [9.17, 15) is 0 Å². The molecule has 0 unspecified atom stereocenters. The molecule has 0 aliphatic carbocycles. The van der Waals surface area contributed by atoms with Gasteiger partial charge in [0, 0.05) is 13.2 Å². The second-order valence-corrected chi connectivity index (χ2v) is 7.14. The Kier molecular flexibility index (Phi) is 22.1. The molecule has 27 heavy (non-hydrogen) atoms. The standard InChI is InChI=1S/C25H43O2/c1-4-7-10-13-14-15-16-19-22-25(26-23-20-17-11-8-5-2)27-24-21-18-12-9-6-3/h1,4,13-14,25H,5-6,8-9,11-12,15-24H2,2-3H3/b4-1?,14-13+. The monoisotopic (exact) mass is 375 g/mol. The quantitative estimate of drug-likeness (QED) is 0.133. The summed E-state index contributed by atoms with van der Waals surface area (Å²) in [6.07, 6.45) is 22.3. The maximum atomic E-state index is 6.03. The Morgan fingerprint density at radius 1 is 0.741 bits per heavy atom. The van der Waals surface area contributed by atoms with E-state index in [1.54, 1.807) is 0 Å². The fourth-order valence-corrected chi connectivity index (χ4v) is 2.87. The summed E-state index contributed by atoms with van der Waals surface area (Å²) < 4.78 is 12.1. The molecular weight excluding hydrogens is 332 g/mol. The van der Waals surface area contributed by atoms with Crippen LogP contribution in [-0.2, 0) is 9.47 Å². The number of hydrogen-bond acceptors (Lipinski definition) is 2. The minimum atomic E-state index is -0.0297. The van der Waals surface area contributed by atoms with Crippen molar-refractivity contribution >= 4 is 0 Å². The minimum Gasteiger partial charge on any atom is -0.353 e. The molecular formula is C25H43O2. The van der Waals surface area contributed by atoms with Crippen LogP contribution < -0.4 is 0 Å². The van der Waals surface area contributed by atoms with E-state index in [2.05, 4.69) is 31.8 Å². The average molecular weight is 376 g/mol. The van der Waals surface area contributed by atoms with Gasteiger partial charge in [0.15, 0.2) is 6.29 Å². The molecule has 2 heteroatoms. The van der Waals surface area contributed by atoms with Gasteiger partial charge in [0.1, 0.15) is 0 Å². The van der Waals surface area contributed by atoms with Gasteiger partial charge < -0.3 is 9.47 Å². The van der Waals surface area contributed by atoms with Gasteiger partial charge in [-0.2, -0.15) is 0 Å². The van der Waals surface area contributed by atoms with Crippen molar-refractivity contribution in [2.24, 2.45) is 0 Å². The molecule has 0 spiro atoms. The Hall–Kier alpha value is -1.04. The van der Waals surface area contributed by atoms with Crippen molar-refractivity contribution in [1.29, 1.82) is 0 Å². The highest BCUT2D eigenvalue weighted by Gasteiger charge is 2.09. The molecule has 0 aromatic heterocycles. The van der Waals surface area contributed by atoms with Gasteiger partial charge in [-0.25, -0.2) is 0 Å². The second-order valence-electron chi connectivity index (χ2n) is 7.14. The summed E-state index contributed by atoms with van der Waals surface area (Å²) in [5, 5.41) is 0. The SMILES string of the molecule is [CH]=CC#C/C=C/CCCCC(OCCCCCCC)OCCCCCCC. The molecule has 1 radical (unpaired) electrons. The van der Waals surface area contributed by atoms with Gasteiger partial charge in [-0.1, -0.05) is 89.7 Å². The van der Waals surface area contributed by atoms with Gasteiger partial charge in [0.25, 0.3) is 0 Å². The van der Waals surface area contributed by atoms with Crippen molar-refractivity contribution < 1.29 is 9.47 Å². The van der Waals surface area contributed by atoms with Crippen LogP contribution in [0, 0.1) is 18.4 Å². The molecule has 2 nitrogen and oxygen atoms in total. The lowest BCUT2D eigenvalue weighted by molar-refractivity contribution is -0.148. The molecule has 0 fully saturated rings. The normalized spacial score (nSPS) is 11.1. The lowest BCUT2D eigenvalue weighted by Gasteiger charge is -2.18. The zero-order valence-electron chi connectivity index (χ0n) is 18.0. The molecule has 0 amide bonds. The topological polar surface area (TPSA) is 18.5 Å². The van der Waals surface area contributed by atoms with Crippen LogP contribution in [0.2, 0.25) is 0 Å². The fraction of sp³-hybridized carbons (Fsp3) is 0.760. The van der Waals surface area contributed by atoms with Crippen LogP contribution in [0.25, 0.3) is 0 Å². The van der Waals surface area contributed by atoms with Crippen LogP contribution in [0.1, 0.15) is 104 Å². The first kappa shape index (κ1) is 26.0. The first-order valence-corrected chi connectivity index (χ1v) is 11.3. The van der Waals surface area contributed by atoms with Crippen molar-refractivity contribution in [3.8, 4) is 11.8 Å². The summed E-state index contributed by atoms with van der Waals surface area (Å²) in [5.41, 5.74) is 0. The maximum Gasteiger partial charge on any atom is 0.157 e. The Labute approximate surface area is 169 Å². The molecule has 0 saturated carbocycles. The molecule has 0 aromatic carbocycles. The number of allylic oxidation sites excluding steroid dienone is 3. The van der Waals surface area contributed by atoms with Crippen LogP contribution in [0.15, 0.2) is 18.2 Å². The second kappa shape index (κ2) is 23.0. The van der Waals surface area contributed by atoms with E-state index in [1.165, 1.54) is 57.4 Å². The molecule has 0 rings (SSSR count). The Morgan fingerprint density at radius 2 is 1.33 bits per heavy atom. The molecule has 0 aromatic rings. The van der Waals surface area contributed by atoms with E-state index in [0.29, 0.717) is 0 Å². The molecule has 0 heterocycles. The van der Waals surface area contributed by atoms with Crippen molar-refractivity contribution in [3.05, 3.63) is 24.8 Å². The van der Waals surface area contributed by atoms with Gasteiger partial charge in [0.05, 0.1) is 0 Å². The van der Waals surface area contributed by atoms with E-state index >= 15 is 0 Å². The van der Waals surface area contributed by atoms with Crippen molar-refractivity contribution in [2.75, 3.05) is 13.2 Å². The first-order valence-electron chi connectivity index (χ1n) is 11.3. The van der Waals surface area contributed by atoms with Crippen molar-refractivity contribution in [2.45, 2.75) is 110 Å². The van der Waals surface area contributed by atoms with Gasteiger partial charge in [0.2, 0.25) is 0 Å². The molecule has 0 aliphatic heterocycles. The lowest BCUT2D eigenvalue weighted by Crippen LogP contribution is -2.19. The zero-order chi connectivity index (χ0) is 19.8. The maximum absolute atomic E-state index is 6.03. The van der Waals surface area contributed by atoms with Gasteiger partial charge in [-0.05, 0) is 50.7 Å². The summed E-state index contributed by atoms with van der Waals surface area (Å²) in [6.45, 7) is 11.4. The highest BCUT2D eigenvalue weighted by atomic mass is 16.7. The average Bonchev–Trinajstić information content (AvgIpc) is 2.68. The third-order valence-electron chi connectivity index (χ3n) is 4.53. The van der Waals surface area contributed by atoms with Crippen LogP contribution in [-0.4, -0.2) is 19.5 Å². The minimum absolute atomic E-state index is 0.0297. The van der Waals surface area contributed by atoms with Crippen LogP contribution in [0.4, 0.5) is 0 Å². The smallest absolute Gasteiger partial charge is 0.157 e. The number of hydrogen-bond donors (Lipinski definition) is 0. The molecule has 0 N–H and O–H groups in total. The first-order chi connectivity index (χ1) is 13.3. The predicted octanol–water partition coefficient (Wildman–Crippen LogP) is 7.40.